The van der Waals surface area contributed by atoms with E-state index in [9.17, 15) is 4.79 Å². The van der Waals surface area contributed by atoms with Gasteiger partial charge in [0.15, 0.2) is 5.82 Å². The van der Waals surface area contributed by atoms with Crippen LogP contribution < -0.4 is 11.1 Å². The number of amides is 2. The van der Waals surface area contributed by atoms with Crippen molar-refractivity contribution in [2.24, 2.45) is 10.7 Å². The molecule has 3 N–H and O–H groups in total. The fourth-order valence-corrected chi connectivity index (χ4v) is 6.36. The minimum atomic E-state index is -0.0591. The van der Waals surface area contributed by atoms with E-state index in [0.717, 1.165) is 52.5 Å². The van der Waals surface area contributed by atoms with Crippen LogP contribution in [0, 0.1) is 20.8 Å². The molecule has 1 atom stereocenters. The number of carbonyl (C=O) groups excluding carboxylic acids is 2. The third-order valence-corrected chi connectivity index (χ3v) is 8.90. The van der Waals surface area contributed by atoms with Crippen molar-refractivity contribution in [3.8, 4) is 5.00 Å². The molecule has 254 valence electrons. The molecule has 0 saturated carbocycles. The van der Waals surface area contributed by atoms with Crippen molar-refractivity contribution >= 4 is 41.0 Å². The highest BCUT2D eigenvalue weighted by Crippen LogP contribution is 2.38. The lowest BCUT2D eigenvalue weighted by Crippen LogP contribution is -2.20. The molecule has 0 bridgehead atoms. The van der Waals surface area contributed by atoms with E-state index >= 15 is 0 Å². The number of rotatable bonds is 12. The molecule has 2 amide bonds. The molecule has 0 saturated heterocycles. The molecule has 4 rings (SSSR count). The highest BCUT2D eigenvalue weighted by molar-refractivity contribution is 7.15. The van der Waals surface area contributed by atoms with Crippen molar-refractivity contribution in [2.45, 2.75) is 118 Å². The predicted octanol–water partition coefficient (Wildman–Crippen LogP) is 7.98. The number of ether oxygens (including phenoxy) is 1. The number of fused-ring (bicyclic) bond motifs is 3. The number of nitrogens with one attached hydrogen (secondary N) is 1. The van der Waals surface area contributed by atoms with Gasteiger partial charge < -0.3 is 15.8 Å². The fraction of sp³-hybridized carbons (Fsp3) is 0.571. The summed E-state index contributed by atoms with van der Waals surface area (Å²) in [5.74, 6) is 1.86. The molecule has 9 nitrogen and oxygen atoms in total. The van der Waals surface area contributed by atoms with Gasteiger partial charge in [0.2, 0.25) is 12.3 Å². The molecule has 0 aliphatic carbocycles. The summed E-state index contributed by atoms with van der Waals surface area (Å²) in [5, 5.41) is 13.4. The predicted molar refractivity (Wildman–Crippen MR) is 191 cm³/mol. The molecule has 2 aromatic heterocycles. The van der Waals surface area contributed by atoms with Crippen molar-refractivity contribution in [3.63, 3.8) is 0 Å². The van der Waals surface area contributed by atoms with Crippen LogP contribution in [0.1, 0.15) is 125 Å². The number of hydrogen-bond acceptors (Lipinski definition) is 7. The van der Waals surface area contributed by atoms with Crippen LogP contribution in [-0.4, -0.2) is 51.5 Å². The standard InChI is InChI=1S/C18H17ClN4S.C16H33NO2.CH3NO/c1-9-11(3)24-18-15(9)16(13-5-7-14(19)8-6-13)20-10(2)17-22-21-12(4)23(17)18;1-15(18)17-13-11-9-7-5-6-8-10-12-14-19-16(2,3)4;2-1-3/h5-8,10H,1-4H3;5-14H2,1-4H3,(H,17,18);1H,(H2,2,3)/t10-;;/m0../s1. The highest BCUT2D eigenvalue weighted by Gasteiger charge is 2.29. The Morgan fingerprint density at radius 3 is 2.15 bits per heavy atom. The summed E-state index contributed by atoms with van der Waals surface area (Å²) in [4.78, 5) is 25.5. The van der Waals surface area contributed by atoms with Crippen molar-refractivity contribution in [3.05, 3.63) is 62.5 Å². The van der Waals surface area contributed by atoms with Crippen molar-refractivity contribution < 1.29 is 14.3 Å². The quantitative estimate of drug-likeness (QED) is 0.149. The molecule has 0 fully saturated rings. The number of unbranched alkanes of at least 4 members (excludes halogenated alkanes) is 7. The minimum absolute atomic E-state index is 0.00784. The molecule has 3 aromatic rings. The average molecular weight is 673 g/mol. The van der Waals surface area contributed by atoms with E-state index < -0.39 is 0 Å². The van der Waals surface area contributed by atoms with Crippen LogP contribution in [0.3, 0.4) is 0 Å². The number of thiophene rings is 1. The summed E-state index contributed by atoms with van der Waals surface area (Å²) in [6.07, 6.45) is 10.3. The second-order valence-electron chi connectivity index (χ2n) is 12.5. The summed E-state index contributed by atoms with van der Waals surface area (Å²) in [5.41, 5.74) is 8.68. The number of aryl methyl sites for hydroxylation is 2. The van der Waals surface area contributed by atoms with Gasteiger partial charge in [0.05, 0.1) is 11.3 Å². The van der Waals surface area contributed by atoms with Crippen LogP contribution in [0.25, 0.3) is 5.00 Å². The first kappa shape index (κ1) is 39.1. The van der Waals surface area contributed by atoms with Crippen molar-refractivity contribution in [1.29, 1.82) is 0 Å². The molecule has 3 heterocycles. The maximum Gasteiger partial charge on any atom is 0.216 e. The van der Waals surface area contributed by atoms with Gasteiger partial charge in [-0.3, -0.25) is 19.1 Å². The molecule has 0 spiro atoms. The largest absolute Gasteiger partial charge is 0.376 e. The summed E-state index contributed by atoms with van der Waals surface area (Å²) in [6, 6.07) is 7.83. The van der Waals surface area contributed by atoms with Crippen LogP contribution in [0.2, 0.25) is 5.02 Å². The molecular formula is C35H53ClN6O3S. The fourth-order valence-electron chi connectivity index (χ4n) is 5.02. The summed E-state index contributed by atoms with van der Waals surface area (Å²) in [6.45, 7) is 18.0. The molecule has 0 unspecified atom stereocenters. The topological polar surface area (TPSA) is 124 Å². The summed E-state index contributed by atoms with van der Waals surface area (Å²) in [7, 11) is 0. The number of halogens is 1. The Morgan fingerprint density at radius 1 is 1.02 bits per heavy atom. The van der Waals surface area contributed by atoms with Gasteiger partial charge in [-0.2, -0.15) is 0 Å². The van der Waals surface area contributed by atoms with E-state index in [1.165, 1.54) is 60.9 Å². The number of benzene rings is 1. The number of nitrogens with zero attached hydrogens (tertiary/aromatic N) is 4. The number of nitrogens with two attached hydrogens (primary N) is 1. The summed E-state index contributed by atoms with van der Waals surface area (Å²) >= 11 is 7.83. The van der Waals surface area contributed by atoms with E-state index in [4.69, 9.17) is 26.1 Å². The molecule has 0 radical (unpaired) electrons. The summed E-state index contributed by atoms with van der Waals surface area (Å²) < 4.78 is 7.84. The van der Waals surface area contributed by atoms with Crippen molar-refractivity contribution in [2.75, 3.05) is 13.2 Å². The Kier molecular flexibility index (Phi) is 16.6. The highest BCUT2D eigenvalue weighted by atomic mass is 35.5. The number of hydrogen-bond donors (Lipinski definition) is 2. The van der Waals surface area contributed by atoms with E-state index in [-0.39, 0.29) is 24.0 Å². The molecule has 11 heteroatoms. The van der Waals surface area contributed by atoms with E-state index in [0.29, 0.717) is 0 Å². The Morgan fingerprint density at radius 2 is 1.59 bits per heavy atom. The van der Waals surface area contributed by atoms with E-state index in [2.05, 4.69) is 67.4 Å². The number of carbonyl (C=O) groups is 2. The first-order valence-corrected chi connectivity index (χ1v) is 17.4. The Balaban J connectivity index is 0.000000304. The zero-order valence-electron chi connectivity index (χ0n) is 28.9. The lowest BCUT2D eigenvalue weighted by Gasteiger charge is -2.19. The van der Waals surface area contributed by atoms with Gasteiger partial charge in [0.1, 0.15) is 16.9 Å². The number of primary amides is 1. The van der Waals surface area contributed by atoms with Gasteiger partial charge >= 0.3 is 0 Å². The molecule has 1 aromatic carbocycles. The number of aliphatic imine (C=N–C) groups is 1. The van der Waals surface area contributed by atoms with Crippen LogP contribution in [0.4, 0.5) is 0 Å². The lowest BCUT2D eigenvalue weighted by atomic mass is 10.00. The minimum Gasteiger partial charge on any atom is -0.376 e. The van der Waals surface area contributed by atoms with Crippen molar-refractivity contribution in [1.82, 2.24) is 20.1 Å². The number of aromatic nitrogens is 3. The second kappa shape index (κ2) is 19.6. The third kappa shape index (κ3) is 12.6. The third-order valence-electron chi connectivity index (χ3n) is 7.45. The van der Waals surface area contributed by atoms with Crippen LogP contribution in [0.5, 0.6) is 0 Å². The van der Waals surface area contributed by atoms with Gasteiger partial charge in [-0.15, -0.1) is 21.5 Å². The maximum absolute atomic E-state index is 10.6. The normalized spacial score (nSPS) is 13.6. The second-order valence-corrected chi connectivity index (χ2v) is 14.1. The smallest absolute Gasteiger partial charge is 0.216 e. The lowest BCUT2D eigenvalue weighted by molar-refractivity contribution is -0.119. The van der Waals surface area contributed by atoms with Crippen LogP contribution in [-0.2, 0) is 14.3 Å². The van der Waals surface area contributed by atoms with Gasteiger partial charge in [-0.25, -0.2) is 0 Å². The van der Waals surface area contributed by atoms with Gasteiger partial charge in [-0.05, 0) is 79.0 Å². The zero-order valence-corrected chi connectivity index (χ0v) is 30.5. The first-order valence-electron chi connectivity index (χ1n) is 16.2. The van der Waals surface area contributed by atoms with E-state index in [1.54, 1.807) is 18.3 Å². The maximum atomic E-state index is 10.6. The van der Waals surface area contributed by atoms with E-state index in [1.807, 2.05) is 31.2 Å². The SMILES string of the molecule is CC(=O)NCCCCCCCCCCOC(C)(C)C.Cc1sc2c(c1C)C(c1ccc(Cl)cc1)=N[C@@H](C)c1nnc(C)n1-2.NC=O. The van der Waals surface area contributed by atoms with Gasteiger partial charge in [0, 0.05) is 41.1 Å². The van der Waals surface area contributed by atoms with Gasteiger partial charge in [-0.1, -0.05) is 62.3 Å². The Labute approximate surface area is 284 Å². The molecule has 1 aliphatic heterocycles. The molecule has 1 aliphatic rings. The van der Waals surface area contributed by atoms with Crippen LogP contribution in [0.15, 0.2) is 29.3 Å². The zero-order chi connectivity index (χ0) is 34.3. The monoisotopic (exact) mass is 672 g/mol. The molecular weight excluding hydrogens is 620 g/mol. The average Bonchev–Trinajstić information content (AvgIpc) is 3.47. The molecule has 46 heavy (non-hydrogen) atoms. The van der Waals surface area contributed by atoms with Gasteiger partial charge in [0.25, 0.3) is 0 Å². The Bertz CT molecular complexity index is 1410. The van der Waals surface area contributed by atoms with Crippen LogP contribution >= 0.6 is 22.9 Å². The first-order chi connectivity index (χ1) is 21.8. The Hall–Kier alpha value is -3.08.